The van der Waals surface area contributed by atoms with E-state index >= 15 is 0 Å². The Kier molecular flexibility index (Phi) is 5.32. The topological polar surface area (TPSA) is 20.3 Å². The molecule has 2 atom stereocenters. The number of aryl methyl sites for hydroxylation is 2. The number of nitrogens with zero attached hydrogens (tertiary/aromatic N) is 1. The van der Waals surface area contributed by atoms with Gasteiger partial charge >= 0.3 is 0 Å². The van der Waals surface area contributed by atoms with Crippen molar-refractivity contribution in [2.24, 2.45) is 0 Å². The molecule has 0 radical (unpaired) electrons. The second-order valence-electron chi connectivity index (χ2n) is 7.99. The number of benzene rings is 2. The van der Waals surface area contributed by atoms with Gasteiger partial charge in [0.25, 0.3) is 0 Å². The van der Waals surface area contributed by atoms with Crippen LogP contribution in [0.3, 0.4) is 0 Å². The number of rotatable bonds is 4. The minimum atomic E-state index is 0.227. The Morgan fingerprint density at radius 2 is 1.18 bits per heavy atom. The maximum Gasteiger partial charge on any atom is 0.188 e. The van der Waals surface area contributed by atoms with E-state index in [-0.39, 0.29) is 17.9 Å². The first kappa shape index (κ1) is 18.9. The minimum Gasteiger partial charge on any atom is -0.292 e. The van der Waals surface area contributed by atoms with Gasteiger partial charge in [-0.25, -0.2) is 0 Å². The average Bonchev–Trinajstić information content (AvgIpc) is 3.04. The number of fused-ring (bicyclic) bond motifs is 2. The highest BCUT2D eigenvalue weighted by Crippen LogP contribution is 2.40. The number of ketones is 1. The van der Waals surface area contributed by atoms with Crippen molar-refractivity contribution in [3.05, 3.63) is 81.9 Å². The number of piperidine rings is 1. The lowest BCUT2D eigenvalue weighted by Crippen LogP contribution is -2.43. The van der Waals surface area contributed by atoms with Crippen LogP contribution in [0.15, 0.2) is 59.7 Å². The third-order valence-corrected chi connectivity index (χ3v) is 6.36. The van der Waals surface area contributed by atoms with Crippen LogP contribution in [-0.4, -0.2) is 29.8 Å². The summed E-state index contributed by atoms with van der Waals surface area (Å²) in [6, 6.07) is 17.6. The Balaban J connectivity index is 1.70. The lowest BCUT2D eigenvalue weighted by molar-refractivity contribution is -0.114. The fourth-order valence-corrected chi connectivity index (χ4v) is 4.54. The zero-order valence-corrected chi connectivity index (χ0v) is 17.1. The summed E-state index contributed by atoms with van der Waals surface area (Å²) >= 11 is 0. The first-order valence-electron chi connectivity index (χ1n) is 10.5. The largest absolute Gasteiger partial charge is 0.292 e. The van der Waals surface area contributed by atoms with E-state index in [0.29, 0.717) is 0 Å². The summed E-state index contributed by atoms with van der Waals surface area (Å²) in [5.41, 5.74) is 6.77. The van der Waals surface area contributed by atoms with Gasteiger partial charge in [-0.2, -0.15) is 0 Å². The van der Waals surface area contributed by atoms with Crippen molar-refractivity contribution >= 4 is 17.9 Å². The zero-order chi connectivity index (χ0) is 19.7. The molecule has 2 saturated heterocycles. The monoisotopic (exact) mass is 371 g/mol. The molecular weight excluding hydrogens is 342 g/mol. The van der Waals surface area contributed by atoms with Gasteiger partial charge in [0.1, 0.15) is 0 Å². The van der Waals surface area contributed by atoms with E-state index in [1.165, 1.54) is 11.1 Å². The first-order chi connectivity index (χ1) is 13.6. The highest BCUT2D eigenvalue weighted by molar-refractivity contribution is 6.16. The van der Waals surface area contributed by atoms with E-state index < -0.39 is 0 Å². The number of hydrogen-bond acceptors (Lipinski definition) is 2. The second-order valence-corrected chi connectivity index (χ2v) is 7.99. The maximum atomic E-state index is 13.4. The van der Waals surface area contributed by atoms with Crippen LogP contribution in [0.4, 0.5) is 0 Å². The molecule has 2 aromatic rings. The van der Waals surface area contributed by atoms with Crippen LogP contribution in [0.2, 0.25) is 0 Å². The summed E-state index contributed by atoms with van der Waals surface area (Å²) in [6.45, 7) is 4.33. The molecule has 2 aliphatic rings. The third kappa shape index (κ3) is 3.49. The maximum absolute atomic E-state index is 13.4. The van der Waals surface area contributed by atoms with E-state index in [0.717, 1.165) is 48.0 Å². The van der Waals surface area contributed by atoms with E-state index in [4.69, 9.17) is 0 Å². The van der Waals surface area contributed by atoms with Crippen LogP contribution in [0.25, 0.3) is 12.2 Å². The van der Waals surface area contributed by atoms with Crippen molar-refractivity contribution in [3.63, 3.8) is 0 Å². The highest BCUT2D eigenvalue weighted by atomic mass is 16.1. The number of Topliss-reactive ketones (excluding diaryl/α,β-unsaturated/α-hetero) is 1. The number of likely N-dealkylation sites (N-methyl/N-ethyl adjacent to an activating group) is 1. The fourth-order valence-electron chi connectivity index (χ4n) is 4.54. The van der Waals surface area contributed by atoms with Gasteiger partial charge in [0.15, 0.2) is 5.78 Å². The number of carbonyl (C=O) groups is 1. The first-order valence-corrected chi connectivity index (χ1v) is 10.5. The second kappa shape index (κ2) is 7.89. The minimum absolute atomic E-state index is 0.227. The molecule has 0 saturated carbocycles. The van der Waals surface area contributed by atoms with Crippen molar-refractivity contribution < 1.29 is 4.79 Å². The van der Waals surface area contributed by atoms with Gasteiger partial charge in [0.05, 0.1) is 0 Å². The van der Waals surface area contributed by atoms with Gasteiger partial charge in [0, 0.05) is 23.2 Å². The average molecular weight is 372 g/mol. The van der Waals surface area contributed by atoms with E-state index in [1.807, 2.05) is 0 Å². The Morgan fingerprint density at radius 3 is 1.54 bits per heavy atom. The summed E-state index contributed by atoms with van der Waals surface area (Å²) in [4.78, 5) is 15.8. The van der Waals surface area contributed by atoms with Crippen LogP contribution in [0.1, 0.15) is 48.9 Å². The summed E-state index contributed by atoms with van der Waals surface area (Å²) in [5.74, 6) is 0.227. The van der Waals surface area contributed by atoms with E-state index in [9.17, 15) is 4.79 Å². The molecule has 2 heterocycles. The van der Waals surface area contributed by atoms with Gasteiger partial charge in [-0.3, -0.25) is 9.69 Å². The predicted molar refractivity (Wildman–Crippen MR) is 117 cm³/mol. The summed E-state index contributed by atoms with van der Waals surface area (Å²) in [6.07, 6.45) is 8.39. The smallest absolute Gasteiger partial charge is 0.188 e. The SMILES string of the molecule is CCc1ccc(/C=C2/C(=O)/C(=C/c3ccc(CC)cc3)[C@H]3CC[C@H]2N3C)cc1. The molecule has 2 fully saturated rings. The summed E-state index contributed by atoms with van der Waals surface area (Å²) < 4.78 is 0. The molecule has 2 aliphatic heterocycles. The van der Waals surface area contributed by atoms with Crippen LogP contribution < -0.4 is 0 Å². The van der Waals surface area contributed by atoms with Gasteiger partial charge in [0.2, 0.25) is 0 Å². The molecule has 0 aliphatic carbocycles. The van der Waals surface area contributed by atoms with E-state index in [1.54, 1.807) is 0 Å². The summed E-state index contributed by atoms with van der Waals surface area (Å²) in [5, 5.41) is 0. The molecule has 2 aromatic carbocycles. The quantitative estimate of drug-likeness (QED) is 0.678. The number of hydrogen-bond donors (Lipinski definition) is 0. The lowest BCUT2D eigenvalue weighted by Gasteiger charge is -2.34. The lowest BCUT2D eigenvalue weighted by atomic mass is 9.88. The van der Waals surface area contributed by atoms with E-state index in [2.05, 4.69) is 86.5 Å². The molecule has 0 N–H and O–H groups in total. The molecule has 2 nitrogen and oxygen atoms in total. The normalized spacial score (nSPS) is 25.0. The predicted octanol–water partition coefficient (Wildman–Crippen LogP) is 5.32. The molecule has 0 amide bonds. The van der Waals surface area contributed by atoms with Crippen molar-refractivity contribution in [1.29, 1.82) is 0 Å². The molecule has 4 rings (SSSR count). The van der Waals surface area contributed by atoms with Gasteiger partial charge in [-0.05, 0) is 67.1 Å². The molecule has 28 heavy (non-hydrogen) atoms. The Hall–Kier alpha value is -2.45. The number of carbonyl (C=O) groups excluding carboxylic acids is 1. The molecule has 0 unspecified atom stereocenters. The van der Waals surface area contributed by atoms with Crippen molar-refractivity contribution in [2.75, 3.05) is 7.05 Å². The van der Waals surface area contributed by atoms with Gasteiger partial charge in [-0.15, -0.1) is 0 Å². The fraction of sp³-hybridized carbons (Fsp3) is 0.346. The van der Waals surface area contributed by atoms with Gasteiger partial charge < -0.3 is 0 Å². The van der Waals surface area contributed by atoms with Crippen LogP contribution >= 0.6 is 0 Å². The molecule has 2 bridgehead atoms. The Labute approximate surface area is 168 Å². The molecular formula is C26H29NO. The van der Waals surface area contributed by atoms with Crippen LogP contribution in [0, 0.1) is 0 Å². The molecule has 144 valence electrons. The van der Waals surface area contributed by atoms with Crippen LogP contribution in [0.5, 0.6) is 0 Å². The molecule has 2 heteroatoms. The van der Waals surface area contributed by atoms with Crippen LogP contribution in [-0.2, 0) is 17.6 Å². The van der Waals surface area contributed by atoms with Crippen molar-refractivity contribution in [3.8, 4) is 0 Å². The zero-order valence-electron chi connectivity index (χ0n) is 17.1. The Morgan fingerprint density at radius 1 is 0.786 bits per heavy atom. The van der Waals surface area contributed by atoms with Crippen molar-refractivity contribution in [2.45, 2.75) is 51.6 Å². The third-order valence-electron chi connectivity index (χ3n) is 6.36. The van der Waals surface area contributed by atoms with Crippen molar-refractivity contribution in [1.82, 2.24) is 4.90 Å². The standard InChI is InChI=1S/C26H29NO/c1-4-18-6-10-20(11-7-18)16-22-24-14-15-25(27(24)3)23(26(22)28)17-21-12-8-19(5-2)9-13-21/h6-13,16-17,24-25H,4-5,14-15H2,1-3H3/b22-16+,23-17+/t24-,25-/m1/s1. The Bertz CT molecular complexity index is 842. The highest BCUT2D eigenvalue weighted by Gasteiger charge is 2.44. The van der Waals surface area contributed by atoms with Gasteiger partial charge in [-0.1, -0.05) is 62.4 Å². The molecule has 0 aromatic heterocycles. The summed E-state index contributed by atoms with van der Waals surface area (Å²) in [7, 11) is 2.16. The molecule has 0 spiro atoms.